The number of nitrogens with zero attached hydrogens (tertiary/aromatic N) is 3. The van der Waals surface area contributed by atoms with E-state index in [9.17, 15) is 14.0 Å². The van der Waals surface area contributed by atoms with Gasteiger partial charge < -0.3 is 10.2 Å². The van der Waals surface area contributed by atoms with E-state index >= 15 is 0 Å². The molecule has 0 saturated heterocycles. The van der Waals surface area contributed by atoms with Crippen LogP contribution in [0.5, 0.6) is 0 Å². The lowest BCUT2D eigenvalue weighted by Crippen LogP contribution is -2.25. The van der Waals surface area contributed by atoms with Gasteiger partial charge in [0.1, 0.15) is 11.9 Å². The minimum Gasteiger partial charge on any atom is -0.326 e. The van der Waals surface area contributed by atoms with Crippen molar-refractivity contribution in [2.24, 2.45) is 0 Å². The van der Waals surface area contributed by atoms with Crippen LogP contribution in [0.15, 0.2) is 60.9 Å². The topological polar surface area (TPSA) is 86.1 Å². The summed E-state index contributed by atoms with van der Waals surface area (Å²) in [6.45, 7) is 1.45. The number of carbonyl (C=O) groups is 2. The molecule has 0 spiro atoms. The van der Waals surface area contributed by atoms with Gasteiger partial charge in [0.15, 0.2) is 0 Å². The van der Waals surface area contributed by atoms with Gasteiger partial charge in [-0.2, -0.15) is 5.26 Å². The highest BCUT2D eigenvalue weighted by molar-refractivity contribution is 7.21. The van der Waals surface area contributed by atoms with Crippen LogP contribution in [0.1, 0.15) is 22.2 Å². The number of aromatic nitrogens is 1. The minimum atomic E-state index is -0.671. The average molecular weight is 444 g/mol. The molecule has 0 aliphatic heterocycles. The summed E-state index contributed by atoms with van der Waals surface area (Å²) >= 11 is 1.30. The lowest BCUT2D eigenvalue weighted by atomic mass is 10.0. The molecule has 0 aliphatic rings. The van der Waals surface area contributed by atoms with Gasteiger partial charge in [-0.1, -0.05) is 12.1 Å². The van der Waals surface area contributed by atoms with Gasteiger partial charge in [-0.25, -0.2) is 4.39 Å². The molecule has 2 heterocycles. The molecule has 0 radical (unpaired) electrons. The summed E-state index contributed by atoms with van der Waals surface area (Å²) in [5.74, 6) is -1.11. The molecule has 1 N–H and O–H groups in total. The predicted molar refractivity (Wildman–Crippen MR) is 123 cm³/mol. The van der Waals surface area contributed by atoms with E-state index < -0.39 is 5.82 Å². The number of benzene rings is 2. The summed E-state index contributed by atoms with van der Waals surface area (Å²) in [6, 6.07) is 15.0. The third-order valence-corrected chi connectivity index (χ3v) is 6.00. The maximum atomic E-state index is 14.0. The molecule has 32 heavy (non-hydrogen) atoms. The Bertz CT molecular complexity index is 1390. The Morgan fingerprint density at radius 3 is 2.53 bits per heavy atom. The highest BCUT2D eigenvalue weighted by atomic mass is 32.1. The number of rotatable bonds is 4. The zero-order chi connectivity index (χ0) is 22.8. The number of amides is 2. The van der Waals surface area contributed by atoms with Crippen LogP contribution in [-0.2, 0) is 4.79 Å². The van der Waals surface area contributed by atoms with Crippen LogP contribution in [0.25, 0.3) is 21.2 Å². The number of nitriles is 1. The van der Waals surface area contributed by atoms with Crippen LogP contribution in [-0.4, -0.2) is 23.8 Å². The SMILES string of the molecule is CC(=O)Nc1ccc(-c2cncc3sc(C(=O)N(C)c4ccc(C#N)c(F)c4)cc23)cc1. The molecule has 0 saturated carbocycles. The fourth-order valence-electron chi connectivity index (χ4n) is 3.32. The fourth-order valence-corrected chi connectivity index (χ4v) is 4.35. The first-order valence-corrected chi connectivity index (χ1v) is 10.4. The van der Waals surface area contributed by atoms with Crippen molar-refractivity contribution in [1.29, 1.82) is 5.26 Å². The smallest absolute Gasteiger partial charge is 0.268 e. The molecule has 2 aromatic heterocycles. The third kappa shape index (κ3) is 4.06. The van der Waals surface area contributed by atoms with Crippen molar-refractivity contribution in [3.8, 4) is 17.2 Å². The number of thiophene rings is 1. The van der Waals surface area contributed by atoms with Gasteiger partial charge in [-0.05, 0) is 42.0 Å². The second-order valence-electron chi connectivity index (χ2n) is 7.11. The molecule has 8 heteroatoms. The van der Waals surface area contributed by atoms with Crippen molar-refractivity contribution in [3.63, 3.8) is 0 Å². The van der Waals surface area contributed by atoms with Crippen molar-refractivity contribution in [3.05, 3.63) is 77.2 Å². The standard InChI is InChI=1S/C24H17FN4O2S/c1-14(30)28-17-6-3-15(4-7-17)20-12-27-13-23-19(20)10-22(32-23)24(31)29(2)18-8-5-16(11-26)21(25)9-18/h3-10,12-13H,1-2H3,(H,28,30). The lowest BCUT2D eigenvalue weighted by molar-refractivity contribution is -0.114. The molecule has 6 nitrogen and oxygen atoms in total. The Kier molecular flexibility index (Phi) is 5.67. The van der Waals surface area contributed by atoms with E-state index in [4.69, 9.17) is 5.26 Å². The summed E-state index contributed by atoms with van der Waals surface area (Å²) in [5, 5.41) is 12.5. The Morgan fingerprint density at radius 2 is 1.88 bits per heavy atom. The van der Waals surface area contributed by atoms with Crippen LogP contribution in [0.3, 0.4) is 0 Å². The molecule has 158 valence electrons. The number of carbonyl (C=O) groups excluding carboxylic acids is 2. The van der Waals surface area contributed by atoms with Crippen LogP contribution in [0.2, 0.25) is 0 Å². The van der Waals surface area contributed by atoms with Crippen molar-refractivity contribution in [2.45, 2.75) is 6.92 Å². The van der Waals surface area contributed by atoms with Crippen molar-refractivity contribution >= 4 is 44.6 Å². The first kappa shape index (κ1) is 21.2. The Hall–Kier alpha value is -4.09. The molecular formula is C24H17FN4O2S. The van der Waals surface area contributed by atoms with Crippen molar-refractivity contribution in [2.75, 3.05) is 17.3 Å². The van der Waals surface area contributed by atoms with Crippen LogP contribution in [0.4, 0.5) is 15.8 Å². The van der Waals surface area contributed by atoms with Crippen LogP contribution >= 0.6 is 11.3 Å². The summed E-state index contributed by atoms with van der Waals surface area (Å²) < 4.78 is 14.8. The van der Waals surface area contributed by atoms with E-state index in [2.05, 4.69) is 10.3 Å². The van der Waals surface area contributed by atoms with Crippen LogP contribution in [0, 0.1) is 17.1 Å². The Morgan fingerprint density at radius 1 is 1.12 bits per heavy atom. The molecule has 4 aromatic rings. The highest BCUT2D eigenvalue weighted by Crippen LogP contribution is 2.34. The van der Waals surface area contributed by atoms with Crippen LogP contribution < -0.4 is 10.2 Å². The summed E-state index contributed by atoms with van der Waals surface area (Å²) in [7, 11) is 1.56. The predicted octanol–water partition coefficient (Wildman–Crippen LogP) is 5.21. The summed E-state index contributed by atoms with van der Waals surface area (Å²) in [6.07, 6.45) is 3.43. The van der Waals surface area contributed by atoms with E-state index in [1.165, 1.54) is 41.4 Å². The van der Waals surface area contributed by atoms with E-state index in [1.807, 2.05) is 12.1 Å². The zero-order valence-electron chi connectivity index (χ0n) is 17.2. The number of hydrogen-bond acceptors (Lipinski definition) is 5. The van der Waals surface area contributed by atoms with E-state index in [0.717, 1.165) is 21.2 Å². The molecule has 0 atom stereocenters. The maximum Gasteiger partial charge on any atom is 0.268 e. The van der Waals surface area contributed by atoms with Gasteiger partial charge in [0.2, 0.25) is 5.91 Å². The second-order valence-corrected chi connectivity index (χ2v) is 8.19. The van der Waals surface area contributed by atoms with Gasteiger partial charge in [-0.3, -0.25) is 14.6 Å². The van der Waals surface area contributed by atoms with Crippen molar-refractivity contribution in [1.82, 2.24) is 4.98 Å². The Labute approximate surface area is 187 Å². The fraction of sp³-hybridized carbons (Fsp3) is 0.0833. The number of hydrogen-bond donors (Lipinski definition) is 1. The second kappa shape index (κ2) is 8.57. The quantitative estimate of drug-likeness (QED) is 0.468. The van der Waals surface area contributed by atoms with E-state index in [1.54, 1.807) is 43.7 Å². The third-order valence-electron chi connectivity index (χ3n) is 4.94. The lowest BCUT2D eigenvalue weighted by Gasteiger charge is -2.16. The van der Waals surface area contributed by atoms with E-state index in [-0.39, 0.29) is 17.4 Å². The van der Waals surface area contributed by atoms with Gasteiger partial charge in [-0.15, -0.1) is 11.3 Å². The van der Waals surface area contributed by atoms with Crippen molar-refractivity contribution < 1.29 is 14.0 Å². The number of anilines is 2. The van der Waals surface area contributed by atoms with Gasteiger partial charge in [0.05, 0.1) is 15.1 Å². The normalized spacial score (nSPS) is 10.6. The zero-order valence-corrected chi connectivity index (χ0v) is 18.0. The van der Waals surface area contributed by atoms with Gasteiger partial charge >= 0.3 is 0 Å². The summed E-state index contributed by atoms with van der Waals surface area (Å²) in [5.41, 5.74) is 2.74. The molecule has 0 unspecified atom stereocenters. The highest BCUT2D eigenvalue weighted by Gasteiger charge is 2.19. The van der Waals surface area contributed by atoms with Gasteiger partial charge in [0, 0.05) is 48.7 Å². The molecule has 2 amide bonds. The first-order chi connectivity index (χ1) is 15.4. The molecule has 4 rings (SSSR count). The molecular weight excluding hydrogens is 427 g/mol. The number of halogens is 1. The average Bonchev–Trinajstić information content (AvgIpc) is 3.22. The summed E-state index contributed by atoms with van der Waals surface area (Å²) in [4.78, 5) is 30.4. The Balaban J connectivity index is 1.67. The molecule has 0 fully saturated rings. The first-order valence-electron chi connectivity index (χ1n) is 9.60. The largest absolute Gasteiger partial charge is 0.326 e. The molecule has 0 aliphatic carbocycles. The number of nitrogens with one attached hydrogen (secondary N) is 1. The number of fused-ring (bicyclic) bond motifs is 1. The monoisotopic (exact) mass is 444 g/mol. The molecule has 2 aromatic carbocycles. The minimum absolute atomic E-state index is 0.0725. The van der Waals surface area contributed by atoms with Gasteiger partial charge in [0.25, 0.3) is 5.91 Å². The maximum absolute atomic E-state index is 14.0. The molecule has 0 bridgehead atoms. The van der Waals surface area contributed by atoms with E-state index in [0.29, 0.717) is 16.3 Å². The number of pyridine rings is 1.